The number of nitrogens with one attached hydrogen (secondary N) is 3. The van der Waals surface area contributed by atoms with Crippen molar-refractivity contribution in [1.29, 1.82) is 0 Å². The molecule has 0 aliphatic carbocycles. The number of aromatic nitrogens is 4. The summed E-state index contributed by atoms with van der Waals surface area (Å²) in [6.45, 7) is 8.45. The first-order valence-electron chi connectivity index (χ1n) is 19.3. The van der Waals surface area contributed by atoms with Crippen molar-refractivity contribution < 1.29 is 33.8 Å². The number of hydrogen-bond donors (Lipinski definition) is 5. The fourth-order valence-corrected chi connectivity index (χ4v) is 8.00. The van der Waals surface area contributed by atoms with Crippen LogP contribution in [0.2, 0.25) is 0 Å². The summed E-state index contributed by atoms with van der Waals surface area (Å²) in [5.74, 6) is -0.147. The molecular weight excluding hydrogens is 731 g/mol. The van der Waals surface area contributed by atoms with Gasteiger partial charge >= 0.3 is 12.2 Å². The van der Waals surface area contributed by atoms with Crippen molar-refractivity contribution in [2.45, 2.75) is 77.5 Å². The highest BCUT2D eigenvalue weighted by molar-refractivity contribution is 6.01. The van der Waals surface area contributed by atoms with Crippen LogP contribution in [0.25, 0.3) is 33.6 Å². The van der Waals surface area contributed by atoms with Crippen molar-refractivity contribution in [1.82, 2.24) is 40.0 Å². The lowest BCUT2D eigenvalue weighted by Crippen LogP contribution is -2.51. The maximum absolute atomic E-state index is 13.6. The van der Waals surface area contributed by atoms with Crippen LogP contribution in [-0.2, 0) is 14.3 Å². The Kier molecular flexibility index (Phi) is 12.0. The van der Waals surface area contributed by atoms with E-state index in [1.807, 2.05) is 64.1 Å². The van der Waals surface area contributed by atoms with Crippen LogP contribution in [0.3, 0.4) is 0 Å². The molecule has 2 aromatic carbocycles. The molecule has 5 amide bonds. The molecule has 1 unspecified atom stereocenters. The molecule has 2 saturated heterocycles. The lowest BCUT2D eigenvalue weighted by molar-refractivity contribution is -0.138. The zero-order valence-electron chi connectivity index (χ0n) is 33.1. The van der Waals surface area contributed by atoms with Crippen LogP contribution in [-0.4, -0.2) is 109 Å². The number of H-pyrrole nitrogens is 2. The largest absolute Gasteiger partial charge is 0.465 e. The zero-order chi connectivity index (χ0) is 41.1. The molecule has 0 spiro atoms. The first-order chi connectivity index (χ1) is 27.2. The number of methoxy groups -OCH3 is 1. The predicted molar refractivity (Wildman–Crippen MR) is 212 cm³/mol. The van der Waals surface area contributed by atoms with Gasteiger partial charge in [0.05, 0.1) is 43.0 Å². The molecule has 0 bridgehead atoms. The van der Waals surface area contributed by atoms with Gasteiger partial charge < -0.3 is 40.7 Å². The summed E-state index contributed by atoms with van der Waals surface area (Å²) in [5.41, 5.74) is 10.6. The number of likely N-dealkylation sites (tertiary alicyclic amines) is 2. The summed E-state index contributed by atoms with van der Waals surface area (Å²) in [6.07, 6.45) is 4.55. The zero-order valence-corrected chi connectivity index (χ0v) is 33.1. The second-order valence-corrected chi connectivity index (χ2v) is 15.4. The number of benzene rings is 2. The van der Waals surface area contributed by atoms with Gasteiger partial charge in [0.25, 0.3) is 0 Å². The number of nitrogens with zero attached hydrogens (tertiary/aromatic N) is 5. The highest BCUT2D eigenvalue weighted by Crippen LogP contribution is 2.36. The molecular formula is C41H51N9O7. The standard InChI is InChI=1S/C41H51N9O7/c1-22(2)33(47-40(54)57-6)38(52)49-17-7-9-31(49)36-44-21-30(46-36)26-15-16-27(28(19-26)35(42)51)24-11-13-25(14-12-24)29-20-43-37(45-29)32-10-8-18-50(32)39(53)34(23(3)4)48(5)41(55)56/h11-16,19-23,31-34H,7-10,17-18H2,1-6H3,(H2,42,51)(H,43,45)(H,44,46)(H,47,54)(H,55,56)/t31?,32-,33-,34-/m0/s1. The molecule has 16 nitrogen and oxygen atoms in total. The van der Waals surface area contributed by atoms with E-state index in [-0.39, 0.29) is 35.7 Å². The van der Waals surface area contributed by atoms with E-state index in [1.54, 1.807) is 28.3 Å². The molecule has 6 rings (SSSR count). The SMILES string of the molecule is COC(=O)N[C@H](C(=O)N1CCCC1c1ncc(-c2ccc(-c3ccc(-c4cnc([C@@H]5CCCN5C(=O)[C@H](C(C)C)N(C)C(=O)O)[nH]4)cc3)c(C(N)=O)c2)[nH]1)C(C)C. The molecule has 6 N–H and O–H groups in total. The third-order valence-corrected chi connectivity index (χ3v) is 11.0. The van der Waals surface area contributed by atoms with Crippen LogP contribution in [0, 0.1) is 11.8 Å². The van der Waals surface area contributed by atoms with E-state index in [4.69, 9.17) is 10.5 Å². The maximum atomic E-state index is 13.6. The van der Waals surface area contributed by atoms with Crippen LogP contribution in [0.4, 0.5) is 9.59 Å². The number of nitrogens with two attached hydrogens (primary N) is 1. The minimum atomic E-state index is -1.15. The van der Waals surface area contributed by atoms with Gasteiger partial charge in [-0.15, -0.1) is 0 Å². The van der Waals surface area contributed by atoms with Crippen molar-refractivity contribution in [3.05, 3.63) is 72.1 Å². The number of carbonyl (C=O) groups excluding carboxylic acids is 4. The Morgan fingerprint density at radius 2 is 1.35 bits per heavy atom. The molecule has 2 aromatic heterocycles. The fraction of sp³-hybridized carbons (Fsp3) is 0.439. The number of ether oxygens (including phenoxy) is 1. The summed E-state index contributed by atoms with van der Waals surface area (Å²) < 4.78 is 4.74. The Labute approximate surface area is 331 Å². The number of alkyl carbamates (subject to hydrolysis) is 1. The van der Waals surface area contributed by atoms with E-state index in [0.717, 1.165) is 34.6 Å². The third kappa shape index (κ3) is 8.34. The molecule has 0 radical (unpaired) electrons. The van der Waals surface area contributed by atoms with Crippen LogP contribution in [0.1, 0.15) is 87.5 Å². The minimum Gasteiger partial charge on any atom is -0.465 e. The number of hydrogen-bond acceptors (Lipinski definition) is 8. The van der Waals surface area contributed by atoms with Gasteiger partial charge in [-0.2, -0.15) is 0 Å². The Morgan fingerprint density at radius 3 is 1.86 bits per heavy atom. The molecule has 4 atom stereocenters. The minimum absolute atomic E-state index is 0.156. The van der Waals surface area contributed by atoms with Gasteiger partial charge in [0, 0.05) is 31.3 Å². The molecule has 302 valence electrons. The Bertz CT molecular complexity index is 2130. The summed E-state index contributed by atoms with van der Waals surface area (Å²) in [6, 6.07) is 10.9. The highest BCUT2D eigenvalue weighted by atomic mass is 16.5. The number of carboxylic acid groups (broad SMARTS) is 1. The smallest absolute Gasteiger partial charge is 0.407 e. The van der Waals surface area contributed by atoms with Crippen molar-refractivity contribution in [2.75, 3.05) is 27.2 Å². The molecule has 57 heavy (non-hydrogen) atoms. The fourth-order valence-electron chi connectivity index (χ4n) is 8.00. The summed E-state index contributed by atoms with van der Waals surface area (Å²) in [5, 5.41) is 12.3. The van der Waals surface area contributed by atoms with Crippen molar-refractivity contribution in [2.24, 2.45) is 17.6 Å². The van der Waals surface area contributed by atoms with E-state index in [1.165, 1.54) is 14.2 Å². The third-order valence-electron chi connectivity index (χ3n) is 11.0. The van der Waals surface area contributed by atoms with E-state index < -0.39 is 30.2 Å². The second-order valence-electron chi connectivity index (χ2n) is 15.4. The quantitative estimate of drug-likeness (QED) is 0.121. The van der Waals surface area contributed by atoms with Crippen LogP contribution < -0.4 is 11.1 Å². The van der Waals surface area contributed by atoms with Crippen LogP contribution in [0.5, 0.6) is 0 Å². The monoisotopic (exact) mass is 781 g/mol. The molecule has 4 heterocycles. The molecule has 4 aromatic rings. The van der Waals surface area contributed by atoms with Crippen LogP contribution >= 0.6 is 0 Å². The lowest BCUT2D eigenvalue weighted by atomic mass is 9.95. The van der Waals surface area contributed by atoms with Gasteiger partial charge in [-0.3, -0.25) is 19.3 Å². The lowest BCUT2D eigenvalue weighted by Gasteiger charge is -2.33. The normalized spacial score (nSPS) is 17.8. The summed E-state index contributed by atoms with van der Waals surface area (Å²) in [7, 11) is 2.69. The Balaban J connectivity index is 1.18. The van der Waals surface area contributed by atoms with Gasteiger partial charge in [0.1, 0.15) is 23.7 Å². The molecule has 2 aliphatic rings. The number of aromatic amines is 2. The van der Waals surface area contributed by atoms with Crippen molar-refractivity contribution in [3.63, 3.8) is 0 Å². The van der Waals surface area contributed by atoms with E-state index >= 15 is 0 Å². The molecule has 16 heteroatoms. The van der Waals surface area contributed by atoms with Gasteiger partial charge in [-0.25, -0.2) is 19.6 Å². The van der Waals surface area contributed by atoms with Crippen LogP contribution in [0.15, 0.2) is 54.9 Å². The van der Waals surface area contributed by atoms with Gasteiger partial charge in [0.2, 0.25) is 17.7 Å². The number of likely N-dealkylation sites (N-methyl/N-ethyl adjacent to an activating group) is 1. The first-order valence-corrected chi connectivity index (χ1v) is 19.3. The van der Waals surface area contributed by atoms with Crippen molar-refractivity contribution in [3.8, 4) is 33.6 Å². The number of rotatable bonds is 12. The number of amides is 5. The predicted octanol–water partition coefficient (Wildman–Crippen LogP) is 5.57. The number of carbonyl (C=O) groups is 5. The van der Waals surface area contributed by atoms with Crippen molar-refractivity contribution >= 4 is 29.9 Å². The molecule has 2 aliphatic heterocycles. The molecule has 0 saturated carbocycles. The topological polar surface area (TPSA) is 220 Å². The average molecular weight is 782 g/mol. The number of primary amides is 1. The van der Waals surface area contributed by atoms with Gasteiger partial charge in [0.15, 0.2) is 0 Å². The first kappa shape index (κ1) is 40.5. The Hall–Kier alpha value is -6.19. The average Bonchev–Trinajstić information content (AvgIpc) is 4.02. The molecule has 2 fully saturated rings. The van der Waals surface area contributed by atoms with E-state index in [2.05, 4.69) is 25.3 Å². The highest BCUT2D eigenvalue weighted by Gasteiger charge is 2.40. The van der Waals surface area contributed by atoms with E-state index in [0.29, 0.717) is 60.0 Å². The van der Waals surface area contributed by atoms with Gasteiger partial charge in [-0.1, -0.05) is 64.1 Å². The second kappa shape index (κ2) is 16.9. The summed E-state index contributed by atoms with van der Waals surface area (Å²) in [4.78, 5) is 84.2. The maximum Gasteiger partial charge on any atom is 0.407 e. The summed E-state index contributed by atoms with van der Waals surface area (Å²) >= 11 is 0. The van der Waals surface area contributed by atoms with E-state index in [9.17, 15) is 29.1 Å². The number of imidazole rings is 2. The van der Waals surface area contributed by atoms with Gasteiger partial charge in [-0.05, 0) is 60.3 Å². The Morgan fingerprint density at radius 1 is 0.825 bits per heavy atom.